The third-order valence-electron chi connectivity index (χ3n) is 1.62. The topological polar surface area (TPSA) is 35.3 Å². The van der Waals surface area contributed by atoms with Gasteiger partial charge in [-0.3, -0.25) is 0 Å². The smallest absolute Gasteiger partial charge is 0.182 e. The highest BCUT2D eigenvalue weighted by Gasteiger charge is 2.08. The van der Waals surface area contributed by atoms with Gasteiger partial charge in [0.2, 0.25) is 0 Å². The summed E-state index contributed by atoms with van der Waals surface area (Å²) in [4.78, 5) is 3.97. The van der Waals surface area contributed by atoms with Gasteiger partial charge in [0.25, 0.3) is 0 Å². The van der Waals surface area contributed by atoms with E-state index in [9.17, 15) is 0 Å². The molecule has 0 radical (unpaired) electrons. The molecule has 0 amide bonds. The van der Waals surface area contributed by atoms with Crippen molar-refractivity contribution in [2.24, 2.45) is 0 Å². The molecule has 2 aromatic rings. The van der Waals surface area contributed by atoms with Gasteiger partial charge in [-0.2, -0.15) is 0 Å². The van der Waals surface area contributed by atoms with Crippen molar-refractivity contribution in [2.45, 2.75) is 0 Å². The van der Waals surface area contributed by atoms with E-state index in [0.29, 0.717) is 21.9 Å². The molecule has 0 fully saturated rings. The molecule has 0 aliphatic rings. The van der Waals surface area contributed by atoms with Crippen LogP contribution in [0, 0.1) is 0 Å². The summed E-state index contributed by atoms with van der Waals surface area (Å²) in [5.41, 5.74) is 1.22. The highest BCUT2D eigenvalue weighted by molar-refractivity contribution is 6.34. The van der Waals surface area contributed by atoms with Crippen molar-refractivity contribution in [1.82, 2.24) is 4.98 Å². The number of rotatable bonds is 1. The standard InChI is InChI=1S/C8H6ClNO2/c1-11-6-3-2-5(9)8-7(6)10-4-12-8/h2-4H,1H3. The van der Waals surface area contributed by atoms with E-state index in [1.165, 1.54) is 6.39 Å². The number of halogens is 1. The van der Waals surface area contributed by atoms with Crippen LogP contribution in [-0.2, 0) is 0 Å². The average Bonchev–Trinajstić information content (AvgIpc) is 2.54. The van der Waals surface area contributed by atoms with E-state index in [-0.39, 0.29) is 0 Å². The van der Waals surface area contributed by atoms with Crippen LogP contribution in [0.15, 0.2) is 22.9 Å². The van der Waals surface area contributed by atoms with Crippen LogP contribution in [0.1, 0.15) is 0 Å². The van der Waals surface area contributed by atoms with Crippen molar-refractivity contribution >= 4 is 22.7 Å². The predicted molar refractivity (Wildman–Crippen MR) is 45.6 cm³/mol. The third kappa shape index (κ3) is 0.940. The maximum atomic E-state index is 5.84. The molecule has 4 heteroatoms. The molecule has 0 N–H and O–H groups in total. The minimum Gasteiger partial charge on any atom is -0.494 e. The fourth-order valence-electron chi connectivity index (χ4n) is 1.06. The SMILES string of the molecule is COc1ccc(Cl)c2ocnc12. The molecule has 0 aliphatic heterocycles. The number of oxazole rings is 1. The van der Waals surface area contributed by atoms with Gasteiger partial charge in [-0.1, -0.05) is 11.6 Å². The first kappa shape index (κ1) is 7.43. The molecule has 0 saturated heterocycles. The molecule has 1 aromatic heterocycles. The van der Waals surface area contributed by atoms with Gasteiger partial charge < -0.3 is 9.15 Å². The van der Waals surface area contributed by atoms with E-state index in [1.807, 2.05) is 0 Å². The lowest BCUT2D eigenvalue weighted by atomic mass is 10.3. The average molecular weight is 184 g/mol. The van der Waals surface area contributed by atoms with Crippen LogP contribution in [-0.4, -0.2) is 12.1 Å². The Kier molecular flexibility index (Phi) is 1.66. The van der Waals surface area contributed by atoms with E-state index in [4.69, 9.17) is 20.8 Å². The predicted octanol–water partition coefficient (Wildman–Crippen LogP) is 2.49. The van der Waals surface area contributed by atoms with Gasteiger partial charge in [0.05, 0.1) is 12.1 Å². The van der Waals surface area contributed by atoms with Crippen LogP contribution >= 0.6 is 11.6 Å². The van der Waals surface area contributed by atoms with Crippen LogP contribution in [0.5, 0.6) is 5.75 Å². The zero-order valence-corrected chi connectivity index (χ0v) is 7.13. The molecule has 0 aliphatic carbocycles. The molecule has 3 nitrogen and oxygen atoms in total. The van der Waals surface area contributed by atoms with E-state index in [1.54, 1.807) is 19.2 Å². The van der Waals surface area contributed by atoms with Gasteiger partial charge in [0, 0.05) is 0 Å². The molecule has 0 spiro atoms. The van der Waals surface area contributed by atoms with E-state index in [0.717, 1.165) is 0 Å². The molecule has 0 atom stereocenters. The highest BCUT2D eigenvalue weighted by atomic mass is 35.5. The summed E-state index contributed by atoms with van der Waals surface area (Å²) in [6.45, 7) is 0. The molecule has 2 rings (SSSR count). The Hall–Kier alpha value is -1.22. The summed E-state index contributed by atoms with van der Waals surface area (Å²) in [7, 11) is 1.58. The van der Waals surface area contributed by atoms with E-state index >= 15 is 0 Å². The molecule has 62 valence electrons. The Labute approximate surface area is 73.9 Å². The maximum Gasteiger partial charge on any atom is 0.182 e. The summed E-state index contributed by atoms with van der Waals surface area (Å²) in [6, 6.07) is 3.47. The minimum atomic E-state index is 0.545. The van der Waals surface area contributed by atoms with Crippen LogP contribution in [0.2, 0.25) is 5.02 Å². The van der Waals surface area contributed by atoms with Crippen LogP contribution in [0.3, 0.4) is 0 Å². The number of fused-ring (bicyclic) bond motifs is 1. The highest BCUT2D eigenvalue weighted by Crippen LogP contribution is 2.29. The number of nitrogens with zero attached hydrogens (tertiary/aromatic N) is 1. The second-order valence-electron chi connectivity index (χ2n) is 2.28. The summed E-state index contributed by atoms with van der Waals surface area (Å²) in [6.07, 6.45) is 1.35. The van der Waals surface area contributed by atoms with Crippen LogP contribution in [0.4, 0.5) is 0 Å². The molecule has 1 heterocycles. The Morgan fingerprint density at radius 3 is 3.08 bits per heavy atom. The molecule has 0 unspecified atom stereocenters. The zero-order chi connectivity index (χ0) is 8.55. The van der Waals surface area contributed by atoms with Crippen molar-refractivity contribution < 1.29 is 9.15 Å². The Bertz CT molecular complexity index is 410. The molecular weight excluding hydrogens is 178 g/mol. The Morgan fingerprint density at radius 2 is 2.33 bits per heavy atom. The van der Waals surface area contributed by atoms with Gasteiger partial charge in [0.1, 0.15) is 5.75 Å². The van der Waals surface area contributed by atoms with Crippen molar-refractivity contribution in [3.05, 3.63) is 23.5 Å². The quantitative estimate of drug-likeness (QED) is 0.682. The monoisotopic (exact) mass is 183 g/mol. The summed E-state index contributed by atoms with van der Waals surface area (Å²) >= 11 is 5.84. The van der Waals surface area contributed by atoms with Gasteiger partial charge in [-0.05, 0) is 12.1 Å². The fourth-order valence-corrected chi connectivity index (χ4v) is 1.26. The second kappa shape index (κ2) is 2.68. The molecule has 12 heavy (non-hydrogen) atoms. The first-order chi connectivity index (χ1) is 5.83. The number of aromatic nitrogens is 1. The zero-order valence-electron chi connectivity index (χ0n) is 6.37. The molecule has 1 aromatic carbocycles. The summed E-state index contributed by atoms with van der Waals surface area (Å²) in [5.74, 6) is 0.670. The Balaban J connectivity index is 2.82. The fraction of sp³-hybridized carbons (Fsp3) is 0.125. The van der Waals surface area contributed by atoms with Crippen molar-refractivity contribution in [1.29, 1.82) is 0 Å². The first-order valence-electron chi connectivity index (χ1n) is 3.38. The van der Waals surface area contributed by atoms with Crippen LogP contribution in [0.25, 0.3) is 11.1 Å². The number of methoxy groups -OCH3 is 1. The number of hydrogen-bond donors (Lipinski definition) is 0. The molecule has 0 bridgehead atoms. The van der Waals surface area contributed by atoms with Gasteiger partial charge in [-0.15, -0.1) is 0 Å². The normalized spacial score (nSPS) is 10.5. The van der Waals surface area contributed by atoms with Gasteiger partial charge in [-0.25, -0.2) is 4.98 Å². The third-order valence-corrected chi connectivity index (χ3v) is 1.92. The summed E-state index contributed by atoms with van der Waals surface area (Å²) in [5, 5.41) is 0.545. The van der Waals surface area contributed by atoms with Crippen LogP contribution < -0.4 is 4.74 Å². The van der Waals surface area contributed by atoms with Gasteiger partial charge >= 0.3 is 0 Å². The van der Waals surface area contributed by atoms with E-state index in [2.05, 4.69) is 4.98 Å². The Morgan fingerprint density at radius 1 is 1.50 bits per heavy atom. The number of ether oxygens (including phenoxy) is 1. The number of hydrogen-bond acceptors (Lipinski definition) is 3. The second-order valence-corrected chi connectivity index (χ2v) is 2.69. The minimum absolute atomic E-state index is 0.545. The first-order valence-corrected chi connectivity index (χ1v) is 3.76. The number of benzene rings is 1. The molecular formula is C8H6ClNO2. The van der Waals surface area contributed by atoms with Crippen molar-refractivity contribution in [3.63, 3.8) is 0 Å². The summed E-state index contributed by atoms with van der Waals surface area (Å²) < 4.78 is 10.1. The van der Waals surface area contributed by atoms with Crippen molar-refractivity contribution in [3.8, 4) is 5.75 Å². The molecule has 0 saturated carbocycles. The lowest BCUT2D eigenvalue weighted by Gasteiger charge is -1.99. The maximum absolute atomic E-state index is 5.84. The lowest BCUT2D eigenvalue weighted by Crippen LogP contribution is -1.83. The largest absolute Gasteiger partial charge is 0.494 e. The van der Waals surface area contributed by atoms with E-state index < -0.39 is 0 Å². The lowest BCUT2D eigenvalue weighted by molar-refractivity contribution is 0.419. The van der Waals surface area contributed by atoms with Crippen molar-refractivity contribution in [2.75, 3.05) is 7.11 Å². The van der Waals surface area contributed by atoms with Gasteiger partial charge in [0.15, 0.2) is 17.5 Å².